The molecule has 11 heavy (non-hydrogen) atoms. The summed E-state index contributed by atoms with van der Waals surface area (Å²) in [4.78, 5) is 0. The van der Waals surface area contributed by atoms with Gasteiger partial charge in [0.15, 0.2) is 0 Å². The average Bonchev–Trinajstić information content (AvgIpc) is 1.85. The van der Waals surface area contributed by atoms with Crippen LogP contribution >= 0.6 is 15.9 Å². The minimum absolute atomic E-state index is 0.00287. The summed E-state index contributed by atoms with van der Waals surface area (Å²) < 4.78 is 0.986. The molecule has 1 atom stereocenters. The first-order valence-electron chi connectivity index (χ1n) is 3.42. The second kappa shape index (κ2) is 3.24. The molecule has 0 unspecified atom stereocenters. The van der Waals surface area contributed by atoms with Gasteiger partial charge in [-0.3, -0.25) is 0 Å². The highest BCUT2D eigenvalue weighted by atomic mass is 79.9. The predicted molar refractivity (Wildman–Crippen MR) is 51.2 cm³/mol. The van der Waals surface area contributed by atoms with Gasteiger partial charge in [-0.25, -0.2) is 0 Å². The Balaban J connectivity index is 3.09. The second-order valence-corrected chi connectivity index (χ2v) is 3.48. The van der Waals surface area contributed by atoms with Crippen LogP contribution in [0, 0.1) is 0 Å². The predicted octanol–water partition coefficient (Wildman–Crippen LogP) is 2.05. The normalized spacial score (nSPS) is 13.0. The van der Waals surface area contributed by atoms with Crippen molar-refractivity contribution in [3.8, 4) is 0 Å². The lowest BCUT2D eigenvalue weighted by molar-refractivity contribution is 0.821. The Kier molecular flexibility index (Phi) is 2.52. The van der Waals surface area contributed by atoms with Gasteiger partial charge in [0.25, 0.3) is 0 Å². The smallest absolute Gasteiger partial charge is 0.0373 e. The monoisotopic (exact) mass is 214 g/mol. The Bertz CT molecular complexity index is 258. The maximum atomic E-state index is 5.71. The largest absolute Gasteiger partial charge is 0.398 e. The van der Waals surface area contributed by atoms with Gasteiger partial charge in [0.2, 0.25) is 0 Å². The van der Waals surface area contributed by atoms with Crippen molar-refractivity contribution in [2.45, 2.75) is 13.0 Å². The third-order valence-corrected chi connectivity index (χ3v) is 2.03. The highest BCUT2D eigenvalue weighted by Gasteiger charge is 2.03. The van der Waals surface area contributed by atoms with Crippen LogP contribution in [0.1, 0.15) is 18.5 Å². The van der Waals surface area contributed by atoms with E-state index in [0.717, 1.165) is 15.7 Å². The molecule has 1 aromatic rings. The molecule has 0 amide bonds. The molecule has 1 rings (SSSR count). The zero-order valence-electron chi connectivity index (χ0n) is 6.34. The molecule has 0 aliphatic carbocycles. The quantitative estimate of drug-likeness (QED) is 0.704. The summed E-state index contributed by atoms with van der Waals surface area (Å²) in [5, 5.41) is 0. The van der Waals surface area contributed by atoms with E-state index in [1.165, 1.54) is 0 Å². The van der Waals surface area contributed by atoms with Crippen LogP contribution in [0.25, 0.3) is 0 Å². The van der Waals surface area contributed by atoms with Gasteiger partial charge in [-0.05, 0) is 24.6 Å². The van der Waals surface area contributed by atoms with E-state index in [9.17, 15) is 0 Å². The molecule has 0 saturated carbocycles. The van der Waals surface area contributed by atoms with Gasteiger partial charge in [-0.15, -0.1) is 0 Å². The number of halogens is 1. The fraction of sp³-hybridized carbons (Fsp3) is 0.250. The Morgan fingerprint density at radius 1 is 1.45 bits per heavy atom. The summed E-state index contributed by atoms with van der Waals surface area (Å²) >= 11 is 3.32. The van der Waals surface area contributed by atoms with Crippen molar-refractivity contribution in [2.24, 2.45) is 5.73 Å². The van der Waals surface area contributed by atoms with Crippen LogP contribution in [-0.4, -0.2) is 0 Å². The highest BCUT2D eigenvalue weighted by Crippen LogP contribution is 2.22. The Labute approximate surface area is 74.7 Å². The van der Waals surface area contributed by atoms with Crippen LogP contribution in [0.2, 0.25) is 0 Å². The molecule has 0 saturated heterocycles. The van der Waals surface area contributed by atoms with Crippen LogP contribution in [0.4, 0.5) is 5.69 Å². The van der Waals surface area contributed by atoms with Crippen molar-refractivity contribution in [1.29, 1.82) is 0 Å². The fourth-order valence-corrected chi connectivity index (χ4v) is 1.34. The summed E-state index contributed by atoms with van der Waals surface area (Å²) in [6.45, 7) is 1.92. The standard InChI is InChI=1S/C8H11BrN2/c1-5(10)7-3-2-6(9)4-8(7)11/h2-5H,10-11H2,1H3/t5-/m1/s1. The van der Waals surface area contributed by atoms with E-state index >= 15 is 0 Å². The number of nitrogens with two attached hydrogens (primary N) is 2. The minimum atomic E-state index is 0.00287. The molecule has 60 valence electrons. The zero-order valence-corrected chi connectivity index (χ0v) is 7.93. The summed E-state index contributed by atoms with van der Waals surface area (Å²) in [7, 11) is 0. The molecule has 0 radical (unpaired) electrons. The maximum Gasteiger partial charge on any atom is 0.0373 e. The molecule has 0 aromatic heterocycles. The van der Waals surface area contributed by atoms with Crippen molar-refractivity contribution in [3.63, 3.8) is 0 Å². The van der Waals surface area contributed by atoms with Crippen LogP contribution in [0.3, 0.4) is 0 Å². The van der Waals surface area contributed by atoms with Gasteiger partial charge >= 0.3 is 0 Å². The van der Waals surface area contributed by atoms with E-state index in [1.54, 1.807) is 0 Å². The van der Waals surface area contributed by atoms with Gasteiger partial charge in [-0.1, -0.05) is 22.0 Å². The van der Waals surface area contributed by atoms with E-state index in [4.69, 9.17) is 11.5 Å². The first-order chi connectivity index (χ1) is 5.11. The molecule has 4 N–H and O–H groups in total. The van der Waals surface area contributed by atoms with Gasteiger partial charge in [0.1, 0.15) is 0 Å². The molecule has 3 heteroatoms. The third kappa shape index (κ3) is 1.94. The Hall–Kier alpha value is -0.540. The zero-order chi connectivity index (χ0) is 8.43. The van der Waals surface area contributed by atoms with E-state index in [2.05, 4.69) is 15.9 Å². The molecule has 0 aliphatic heterocycles. The van der Waals surface area contributed by atoms with Crippen molar-refractivity contribution in [2.75, 3.05) is 5.73 Å². The van der Waals surface area contributed by atoms with Crippen molar-refractivity contribution in [1.82, 2.24) is 0 Å². The lowest BCUT2D eigenvalue weighted by atomic mass is 10.1. The highest BCUT2D eigenvalue weighted by molar-refractivity contribution is 9.10. The van der Waals surface area contributed by atoms with Gasteiger partial charge in [0, 0.05) is 16.2 Å². The van der Waals surface area contributed by atoms with Gasteiger partial charge in [0.05, 0.1) is 0 Å². The summed E-state index contributed by atoms with van der Waals surface area (Å²) in [6, 6.07) is 5.74. The Morgan fingerprint density at radius 3 is 2.55 bits per heavy atom. The minimum Gasteiger partial charge on any atom is -0.398 e. The number of anilines is 1. The van der Waals surface area contributed by atoms with Crippen molar-refractivity contribution < 1.29 is 0 Å². The van der Waals surface area contributed by atoms with Gasteiger partial charge < -0.3 is 11.5 Å². The molecule has 2 nitrogen and oxygen atoms in total. The number of hydrogen-bond acceptors (Lipinski definition) is 2. The van der Waals surface area contributed by atoms with E-state index in [0.29, 0.717) is 0 Å². The van der Waals surface area contributed by atoms with Crippen LogP contribution in [0.5, 0.6) is 0 Å². The van der Waals surface area contributed by atoms with Crippen LogP contribution < -0.4 is 11.5 Å². The van der Waals surface area contributed by atoms with E-state index < -0.39 is 0 Å². The maximum absolute atomic E-state index is 5.71. The molecule has 0 heterocycles. The SMILES string of the molecule is C[C@@H](N)c1ccc(Br)cc1N. The molecule has 0 fully saturated rings. The topological polar surface area (TPSA) is 52.0 Å². The molecule has 0 bridgehead atoms. The average molecular weight is 215 g/mol. The first kappa shape index (κ1) is 8.56. The third-order valence-electron chi connectivity index (χ3n) is 1.54. The summed E-state index contributed by atoms with van der Waals surface area (Å²) in [6.07, 6.45) is 0. The molecule has 0 spiro atoms. The molecular formula is C8H11BrN2. The number of nitrogen functional groups attached to an aromatic ring is 1. The lowest BCUT2D eigenvalue weighted by Crippen LogP contribution is -2.07. The first-order valence-corrected chi connectivity index (χ1v) is 4.21. The van der Waals surface area contributed by atoms with E-state index in [-0.39, 0.29) is 6.04 Å². The molecule has 1 aromatic carbocycles. The van der Waals surface area contributed by atoms with E-state index in [1.807, 2.05) is 25.1 Å². The fourth-order valence-electron chi connectivity index (χ4n) is 0.960. The number of benzene rings is 1. The molecular weight excluding hydrogens is 204 g/mol. The summed E-state index contributed by atoms with van der Waals surface area (Å²) in [5.74, 6) is 0. The number of hydrogen-bond donors (Lipinski definition) is 2. The van der Waals surface area contributed by atoms with Crippen molar-refractivity contribution in [3.05, 3.63) is 28.2 Å². The van der Waals surface area contributed by atoms with Crippen molar-refractivity contribution >= 4 is 21.6 Å². The van der Waals surface area contributed by atoms with Crippen LogP contribution in [0.15, 0.2) is 22.7 Å². The number of rotatable bonds is 1. The van der Waals surface area contributed by atoms with Gasteiger partial charge in [-0.2, -0.15) is 0 Å². The van der Waals surface area contributed by atoms with Crippen LogP contribution in [-0.2, 0) is 0 Å². The molecule has 0 aliphatic rings. The Morgan fingerprint density at radius 2 is 2.09 bits per heavy atom. The second-order valence-electron chi connectivity index (χ2n) is 2.56. The summed E-state index contributed by atoms with van der Waals surface area (Å²) in [5.41, 5.74) is 13.1. The lowest BCUT2D eigenvalue weighted by Gasteiger charge is -2.08.